The van der Waals surface area contributed by atoms with Crippen LogP contribution in [0.15, 0.2) is 72.8 Å². The summed E-state index contributed by atoms with van der Waals surface area (Å²) in [5.41, 5.74) is 7.94. The summed E-state index contributed by atoms with van der Waals surface area (Å²) in [4.78, 5) is 20.4. The highest BCUT2D eigenvalue weighted by Gasteiger charge is 2.34. The van der Waals surface area contributed by atoms with Gasteiger partial charge < -0.3 is 20.7 Å². The highest BCUT2D eigenvalue weighted by molar-refractivity contribution is 7.92. The lowest BCUT2D eigenvalue weighted by Crippen LogP contribution is -2.51. The van der Waals surface area contributed by atoms with Crippen molar-refractivity contribution in [3.63, 3.8) is 0 Å². The Bertz CT molecular complexity index is 1400. The molecule has 1 aliphatic carbocycles. The molecule has 2 unspecified atom stereocenters. The zero-order chi connectivity index (χ0) is 29.6. The molecule has 1 aromatic heterocycles. The van der Waals surface area contributed by atoms with E-state index in [0.717, 1.165) is 22.8 Å². The number of hydrogen-bond acceptors (Lipinski definition) is 7. The standard InChI is InChI=1S/C31H41N5O4S/c1-5-41(38,39)36(4)30-19-24(18-29(34-30)35(3)20-25-16-22(25)2)31(37)33-28(17-23-12-8-6-9-13-23)27(32)21-40-26-14-10-7-11-15-26/h6-15,18-19,22,25,27-28H,5,16-17,20-21,32H2,1-4H3,(H,33,37)/t22?,25?,27-,28-/m0/s1. The maximum Gasteiger partial charge on any atom is 0.251 e. The molecular weight excluding hydrogens is 538 g/mol. The number of nitrogens with two attached hydrogens (primary N) is 1. The van der Waals surface area contributed by atoms with Crippen LogP contribution in [-0.2, 0) is 16.4 Å². The van der Waals surface area contributed by atoms with E-state index in [1.165, 1.54) is 13.1 Å². The van der Waals surface area contributed by atoms with Gasteiger partial charge in [0.15, 0.2) is 0 Å². The smallest absolute Gasteiger partial charge is 0.251 e. The molecule has 0 bridgehead atoms. The number of hydrogen-bond donors (Lipinski definition) is 2. The van der Waals surface area contributed by atoms with E-state index in [9.17, 15) is 13.2 Å². The maximum absolute atomic E-state index is 13.8. The molecule has 0 spiro atoms. The van der Waals surface area contributed by atoms with Gasteiger partial charge in [0, 0.05) is 26.2 Å². The summed E-state index contributed by atoms with van der Waals surface area (Å²) in [5, 5.41) is 3.10. The van der Waals surface area contributed by atoms with Gasteiger partial charge in [-0.3, -0.25) is 9.10 Å². The topological polar surface area (TPSA) is 118 Å². The van der Waals surface area contributed by atoms with E-state index in [2.05, 4.69) is 17.2 Å². The first kappa shape index (κ1) is 30.3. The van der Waals surface area contributed by atoms with E-state index in [4.69, 9.17) is 10.5 Å². The predicted octanol–water partition coefficient (Wildman–Crippen LogP) is 3.71. The molecule has 4 rings (SSSR count). The van der Waals surface area contributed by atoms with Crippen molar-refractivity contribution >= 4 is 27.6 Å². The minimum Gasteiger partial charge on any atom is -0.492 e. The lowest BCUT2D eigenvalue weighted by atomic mass is 9.99. The second-order valence-electron chi connectivity index (χ2n) is 10.9. The van der Waals surface area contributed by atoms with Crippen LogP contribution in [-0.4, -0.2) is 64.4 Å². The first-order valence-electron chi connectivity index (χ1n) is 14.1. The molecule has 3 N–H and O–H groups in total. The highest BCUT2D eigenvalue weighted by atomic mass is 32.2. The number of anilines is 2. The average Bonchev–Trinajstić information content (AvgIpc) is 3.69. The highest BCUT2D eigenvalue weighted by Crippen LogP contribution is 2.38. The fourth-order valence-corrected chi connectivity index (χ4v) is 5.44. The molecule has 9 nitrogen and oxygen atoms in total. The van der Waals surface area contributed by atoms with Gasteiger partial charge in [-0.05, 0) is 61.4 Å². The van der Waals surface area contributed by atoms with Crippen LogP contribution in [0.1, 0.15) is 36.2 Å². The molecule has 0 aliphatic heterocycles. The zero-order valence-corrected chi connectivity index (χ0v) is 25.0. The number of pyridine rings is 1. The van der Waals surface area contributed by atoms with Crippen LogP contribution in [0.3, 0.4) is 0 Å². The van der Waals surface area contributed by atoms with Crippen LogP contribution in [0.5, 0.6) is 5.75 Å². The van der Waals surface area contributed by atoms with Crippen LogP contribution in [0, 0.1) is 11.8 Å². The molecule has 10 heteroatoms. The monoisotopic (exact) mass is 579 g/mol. The van der Waals surface area contributed by atoms with Gasteiger partial charge in [-0.1, -0.05) is 55.5 Å². The summed E-state index contributed by atoms with van der Waals surface area (Å²) in [6, 6.07) is 21.5. The van der Waals surface area contributed by atoms with E-state index >= 15 is 0 Å². The minimum atomic E-state index is -3.58. The Kier molecular flexibility index (Phi) is 9.88. The van der Waals surface area contributed by atoms with Crippen molar-refractivity contribution < 1.29 is 17.9 Å². The van der Waals surface area contributed by atoms with Crippen LogP contribution >= 0.6 is 0 Å². The third-order valence-electron chi connectivity index (χ3n) is 7.66. The Morgan fingerprint density at radius 1 is 1.07 bits per heavy atom. The summed E-state index contributed by atoms with van der Waals surface area (Å²) < 4.78 is 32.4. The first-order valence-corrected chi connectivity index (χ1v) is 15.7. The zero-order valence-electron chi connectivity index (χ0n) is 24.2. The summed E-state index contributed by atoms with van der Waals surface area (Å²) >= 11 is 0. The Morgan fingerprint density at radius 3 is 2.29 bits per heavy atom. The molecule has 1 saturated carbocycles. The number of nitrogens with zero attached hydrogens (tertiary/aromatic N) is 3. The lowest BCUT2D eigenvalue weighted by molar-refractivity contribution is 0.0924. The number of sulfonamides is 1. The van der Waals surface area contributed by atoms with Crippen molar-refractivity contribution in [3.05, 3.63) is 83.9 Å². The molecule has 220 valence electrons. The maximum atomic E-state index is 13.8. The number of benzene rings is 2. The van der Waals surface area contributed by atoms with E-state index < -0.39 is 22.1 Å². The van der Waals surface area contributed by atoms with Crippen LogP contribution < -0.4 is 25.0 Å². The second-order valence-corrected chi connectivity index (χ2v) is 13.1. The van der Waals surface area contributed by atoms with E-state index in [1.54, 1.807) is 13.0 Å². The average molecular weight is 580 g/mol. The number of ether oxygens (including phenoxy) is 1. The third kappa shape index (κ3) is 8.20. The van der Waals surface area contributed by atoms with Gasteiger partial charge in [0.25, 0.3) is 5.91 Å². The van der Waals surface area contributed by atoms with Gasteiger partial charge in [0.05, 0.1) is 17.8 Å². The van der Waals surface area contributed by atoms with Gasteiger partial charge in [0.1, 0.15) is 24.0 Å². The molecule has 4 atom stereocenters. The largest absolute Gasteiger partial charge is 0.492 e. The van der Waals surface area contributed by atoms with Crippen molar-refractivity contribution in [2.24, 2.45) is 17.6 Å². The van der Waals surface area contributed by atoms with Crippen molar-refractivity contribution in [1.29, 1.82) is 0 Å². The third-order valence-corrected chi connectivity index (χ3v) is 9.41. The molecule has 1 amide bonds. The van der Waals surface area contributed by atoms with Crippen LogP contribution in [0.4, 0.5) is 11.6 Å². The molecule has 0 radical (unpaired) electrons. The van der Waals surface area contributed by atoms with Crippen molar-refractivity contribution in [1.82, 2.24) is 10.3 Å². The summed E-state index contributed by atoms with van der Waals surface area (Å²) in [6.45, 7) is 4.77. The van der Waals surface area contributed by atoms with E-state index in [0.29, 0.717) is 35.4 Å². The molecule has 2 aromatic carbocycles. The van der Waals surface area contributed by atoms with E-state index in [-0.39, 0.29) is 24.1 Å². The molecular formula is C31H41N5O4S. The normalized spacial score (nSPS) is 17.8. The number of para-hydroxylation sites is 1. The molecule has 1 aliphatic rings. The molecule has 1 fully saturated rings. The van der Waals surface area contributed by atoms with Crippen LogP contribution in [0.25, 0.3) is 0 Å². The van der Waals surface area contributed by atoms with Gasteiger partial charge in [-0.25, -0.2) is 13.4 Å². The van der Waals surface area contributed by atoms with Crippen molar-refractivity contribution in [2.75, 3.05) is 42.2 Å². The fraction of sp³-hybridized carbons (Fsp3) is 0.419. The second kappa shape index (κ2) is 13.4. The Labute approximate surface area is 243 Å². The van der Waals surface area contributed by atoms with Crippen molar-refractivity contribution in [3.8, 4) is 5.75 Å². The van der Waals surface area contributed by atoms with Gasteiger partial charge in [-0.2, -0.15) is 0 Å². The predicted molar refractivity (Wildman–Crippen MR) is 164 cm³/mol. The Morgan fingerprint density at radius 2 is 1.68 bits per heavy atom. The molecule has 41 heavy (non-hydrogen) atoms. The molecule has 0 saturated heterocycles. The quantitative estimate of drug-likeness (QED) is 0.299. The van der Waals surface area contributed by atoms with E-state index in [1.807, 2.05) is 72.6 Å². The van der Waals surface area contributed by atoms with Crippen LogP contribution in [0.2, 0.25) is 0 Å². The number of carbonyl (C=O) groups is 1. The lowest BCUT2D eigenvalue weighted by Gasteiger charge is -2.27. The first-order chi connectivity index (χ1) is 19.6. The Balaban J connectivity index is 1.60. The van der Waals surface area contributed by atoms with Gasteiger partial charge in [-0.15, -0.1) is 0 Å². The SMILES string of the molecule is CCS(=O)(=O)N(C)c1cc(C(=O)N[C@@H](Cc2ccccc2)[C@@H](N)COc2ccccc2)cc(N(C)CC2CC2C)n1. The number of rotatable bonds is 14. The molecule has 3 aromatic rings. The van der Waals surface area contributed by atoms with Gasteiger partial charge >= 0.3 is 0 Å². The molecule has 1 heterocycles. The minimum absolute atomic E-state index is 0.0816. The van der Waals surface area contributed by atoms with Crippen molar-refractivity contribution in [2.45, 2.75) is 38.8 Å². The summed E-state index contributed by atoms with van der Waals surface area (Å²) in [5.74, 6) is 2.19. The summed E-state index contributed by atoms with van der Waals surface area (Å²) in [6.07, 6.45) is 1.64. The fourth-order valence-electron chi connectivity index (χ4n) is 4.68. The van der Waals surface area contributed by atoms with Gasteiger partial charge in [0.2, 0.25) is 10.0 Å². The number of amides is 1. The number of aromatic nitrogens is 1. The number of carbonyl (C=O) groups excluding carboxylic acids is 1. The number of nitrogens with one attached hydrogen (secondary N) is 1. The summed E-state index contributed by atoms with van der Waals surface area (Å²) in [7, 11) is -0.201. The Hall–Kier alpha value is -3.63.